The van der Waals surface area contributed by atoms with Gasteiger partial charge in [0.25, 0.3) is 6.71 Å². The van der Waals surface area contributed by atoms with Crippen LogP contribution in [0.2, 0.25) is 0 Å². The third-order valence-corrected chi connectivity index (χ3v) is 21.2. The highest BCUT2D eigenvalue weighted by Crippen LogP contribution is 2.51. The Balaban J connectivity index is 0.946. The maximum absolute atomic E-state index is 2.62. The van der Waals surface area contributed by atoms with Crippen LogP contribution in [0.1, 0.15) is 52.7 Å². The molecule has 18 rings (SSSR count). The molecule has 0 unspecified atom stereocenters. The lowest BCUT2D eigenvalue weighted by Gasteiger charge is -2.45. The van der Waals surface area contributed by atoms with Crippen LogP contribution in [-0.4, -0.2) is 11.3 Å². The monoisotopic (exact) mass is 1320 g/mol. The van der Waals surface area contributed by atoms with Gasteiger partial charge >= 0.3 is 0 Å². The summed E-state index contributed by atoms with van der Waals surface area (Å²) in [6.07, 6.45) is 0. The molecule has 0 aliphatic carbocycles. The van der Waals surface area contributed by atoms with Crippen LogP contribution in [-0.2, 0) is 10.8 Å². The second kappa shape index (κ2) is 25.3. The lowest BCUT2D eigenvalue weighted by atomic mass is 9.33. The van der Waals surface area contributed by atoms with Gasteiger partial charge in [0.15, 0.2) is 0 Å². The van der Waals surface area contributed by atoms with Crippen LogP contribution in [0.5, 0.6) is 0 Å². The first-order valence-electron chi connectivity index (χ1n) is 36.1. The van der Waals surface area contributed by atoms with Crippen LogP contribution in [0.25, 0.3) is 94.3 Å². The van der Waals surface area contributed by atoms with Crippen molar-refractivity contribution in [2.24, 2.45) is 0 Å². The summed E-state index contributed by atoms with van der Waals surface area (Å²) in [5.41, 5.74) is 33.3. The van der Waals surface area contributed by atoms with Crippen LogP contribution in [0.4, 0.5) is 51.2 Å². The van der Waals surface area contributed by atoms with E-state index in [1.165, 1.54) is 49.3 Å². The first-order valence-corrected chi connectivity index (χ1v) is 36.1. The topological polar surface area (TPSA) is 14.7 Å². The van der Waals surface area contributed by atoms with Gasteiger partial charge in [-0.25, -0.2) is 0 Å². The van der Waals surface area contributed by atoms with E-state index in [1.54, 1.807) is 0 Å². The Morgan fingerprint density at radius 2 is 0.592 bits per heavy atom. The van der Waals surface area contributed by atoms with Crippen LogP contribution < -0.4 is 31.1 Å². The summed E-state index contributed by atoms with van der Waals surface area (Å²) in [6.45, 7) is 13.6. The lowest BCUT2D eigenvalue weighted by molar-refractivity contribution is 0.590. The summed E-state index contributed by atoms with van der Waals surface area (Å²) < 4.78 is 2.41. The Hall–Kier alpha value is -12.4. The molecule has 0 atom stereocenters. The van der Waals surface area contributed by atoms with Crippen molar-refractivity contribution in [2.75, 3.05) is 14.7 Å². The number of anilines is 9. The number of rotatable bonds is 12. The molecule has 103 heavy (non-hydrogen) atoms. The minimum absolute atomic E-state index is 0.0267. The minimum Gasteiger partial charge on any atom is -0.311 e. The summed E-state index contributed by atoms with van der Waals surface area (Å²) in [5, 5.41) is 2.43. The first kappa shape index (κ1) is 62.8. The average Bonchev–Trinajstić information content (AvgIpc) is 1.14. The molecule has 0 saturated heterocycles. The van der Waals surface area contributed by atoms with Gasteiger partial charge in [0.2, 0.25) is 0 Å². The van der Waals surface area contributed by atoms with Crippen molar-refractivity contribution in [1.82, 2.24) is 4.57 Å². The van der Waals surface area contributed by atoms with Crippen molar-refractivity contribution in [3.63, 3.8) is 0 Å². The molecule has 0 spiro atoms. The van der Waals surface area contributed by atoms with E-state index in [9.17, 15) is 0 Å². The highest BCUT2D eigenvalue weighted by Gasteiger charge is 2.45. The Morgan fingerprint density at radius 3 is 1.04 bits per heavy atom. The molecule has 0 amide bonds. The summed E-state index contributed by atoms with van der Waals surface area (Å²) in [4.78, 5) is 7.71. The Morgan fingerprint density at radius 1 is 0.243 bits per heavy atom. The maximum Gasteiger partial charge on any atom is 0.252 e. The SMILES string of the molecule is CC(C)(C)c1ccc(N(c2ccc(C(C)(C)C)cc2)c2ccc3c(c2)N(c2cc(-c4ccccc4)cc(-c4ccccc4)c2)c2cc(-c4ccccc4)cc4c2B3c2ccc(-c3ccc5c(c3)c3ccccc3n5-c3ccccc3)cc2N4c2cc(-c3ccccc3)cc(-c3ccccc3)c2)cc1. The smallest absolute Gasteiger partial charge is 0.252 e. The van der Waals surface area contributed by atoms with Gasteiger partial charge in [-0.1, -0.05) is 278 Å². The molecule has 0 fully saturated rings. The number of fused-ring (bicyclic) bond motifs is 7. The number of hydrogen-bond acceptors (Lipinski definition) is 3. The van der Waals surface area contributed by atoms with Crippen molar-refractivity contribution in [3.8, 4) is 72.4 Å². The van der Waals surface area contributed by atoms with Crippen molar-refractivity contribution in [1.29, 1.82) is 0 Å². The standard InChI is InChI=1S/C98H77BN4/c1-97(2,3)78-43-47-81(48-44-78)100(82-49-45-79(46-50-82)98(4,5)6)83-51-53-89-93(65-83)103(85-59-75(68-31-17-9-18-32-68)56-76(60-85)69-33-19-10-20-34-69)95-64-77(70-35-21-11-22-36-70)63-94-96(95)99(89)88-52-41-72(71-42-54-91-87(61-71)86-39-25-26-40-90(86)101(91)80-37-23-12-24-38-80)62-92(88)102(94)84-57-73(66-27-13-7-14-28-66)55-74(58-84)67-29-15-8-16-30-67/h7-65H,1-6H3. The van der Waals surface area contributed by atoms with E-state index in [4.69, 9.17) is 0 Å². The number of benzene rings is 15. The Kier molecular flexibility index (Phi) is 15.4. The summed E-state index contributed by atoms with van der Waals surface area (Å²) in [6, 6.07) is 134. The van der Waals surface area contributed by atoms with E-state index in [0.29, 0.717) is 0 Å². The highest BCUT2D eigenvalue weighted by atomic mass is 15.2. The minimum atomic E-state index is -0.218. The first-order chi connectivity index (χ1) is 50.3. The van der Waals surface area contributed by atoms with Gasteiger partial charge in [-0.3, -0.25) is 0 Å². The average molecular weight is 1320 g/mol. The van der Waals surface area contributed by atoms with Gasteiger partial charge in [-0.05, 0) is 226 Å². The van der Waals surface area contributed by atoms with Gasteiger partial charge in [0.05, 0.1) is 11.0 Å². The lowest BCUT2D eigenvalue weighted by Crippen LogP contribution is -2.61. The van der Waals surface area contributed by atoms with Crippen molar-refractivity contribution in [3.05, 3.63) is 369 Å². The molecule has 0 bridgehead atoms. The van der Waals surface area contributed by atoms with E-state index in [0.717, 1.165) is 124 Å². The number of nitrogens with zero attached hydrogens (tertiary/aromatic N) is 4. The van der Waals surface area contributed by atoms with Crippen LogP contribution >= 0.6 is 0 Å². The molecule has 3 heterocycles. The predicted octanol–water partition coefficient (Wildman–Crippen LogP) is 24.9. The zero-order chi connectivity index (χ0) is 69.5. The van der Waals surface area contributed by atoms with Crippen molar-refractivity contribution < 1.29 is 0 Å². The predicted molar refractivity (Wildman–Crippen MR) is 440 cm³/mol. The molecule has 0 saturated carbocycles. The summed E-state index contributed by atoms with van der Waals surface area (Å²) in [7, 11) is 0. The zero-order valence-corrected chi connectivity index (χ0v) is 58.9. The molecule has 5 heteroatoms. The summed E-state index contributed by atoms with van der Waals surface area (Å²) in [5.74, 6) is 0. The van der Waals surface area contributed by atoms with Gasteiger partial charge in [-0.15, -0.1) is 0 Å². The molecule has 492 valence electrons. The largest absolute Gasteiger partial charge is 0.311 e. The van der Waals surface area contributed by atoms with E-state index in [2.05, 4.69) is 419 Å². The van der Waals surface area contributed by atoms with Crippen LogP contribution in [0.15, 0.2) is 358 Å². The third kappa shape index (κ3) is 11.4. The number of para-hydroxylation sites is 2. The van der Waals surface area contributed by atoms with E-state index < -0.39 is 0 Å². The quantitative estimate of drug-likeness (QED) is 0.113. The fourth-order valence-electron chi connectivity index (χ4n) is 16.0. The molecule has 4 nitrogen and oxygen atoms in total. The Labute approximate surface area is 605 Å². The molecule has 15 aromatic carbocycles. The molecular weight excluding hydrogens is 1240 g/mol. The Bertz CT molecular complexity index is 5690. The van der Waals surface area contributed by atoms with E-state index in [-0.39, 0.29) is 17.5 Å². The number of hydrogen-bond donors (Lipinski definition) is 0. The van der Waals surface area contributed by atoms with Crippen molar-refractivity contribution >= 4 is 96.1 Å². The molecule has 1 aromatic heterocycles. The van der Waals surface area contributed by atoms with Crippen LogP contribution in [0, 0.1) is 0 Å². The van der Waals surface area contributed by atoms with E-state index >= 15 is 0 Å². The molecule has 2 aliphatic heterocycles. The maximum atomic E-state index is 2.62. The molecular formula is C98H77BN4. The second-order valence-corrected chi connectivity index (χ2v) is 29.8. The molecule has 0 N–H and O–H groups in total. The molecule has 16 aromatic rings. The normalized spacial score (nSPS) is 12.5. The highest BCUT2D eigenvalue weighted by molar-refractivity contribution is 7.00. The fourth-order valence-corrected chi connectivity index (χ4v) is 16.0. The van der Waals surface area contributed by atoms with E-state index in [1.807, 2.05) is 0 Å². The van der Waals surface area contributed by atoms with Gasteiger partial charge < -0.3 is 19.3 Å². The van der Waals surface area contributed by atoms with Crippen molar-refractivity contribution in [2.45, 2.75) is 52.4 Å². The number of aromatic nitrogens is 1. The van der Waals surface area contributed by atoms with Crippen LogP contribution in [0.3, 0.4) is 0 Å². The van der Waals surface area contributed by atoms with Gasteiger partial charge in [0, 0.05) is 67.6 Å². The third-order valence-electron chi connectivity index (χ3n) is 21.2. The second-order valence-electron chi connectivity index (χ2n) is 29.8. The summed E-state index contributed by atoms with van der Waals surface area (Å²) >= 11 is 0. The zero-order valence-electron chi connectivity index (χ0n) is 58.9. The molecule has 2 aliphatic rings. The molecule has 0 radical (unpaired) electrons. The fraction of sp³-hybridized carbons (Fsp3) is 0.0816. The van der Waals surface area contributed by atoms with Gasteiger partial charge in [0.1, 0.15) is 0 Å². The van der Waals surface area contributed by atoms with Gasteiger partial charge in [-0.2, -0.15) is 0 Å².